The zero-order valence-corrected chi connectivity index (χ0v) is 18.4. The van der Waals surface area contributed by atoms with Crippen molar-refractivity contribution in [2.45, 2.75) is 6.42 Å². The third-order valence-electron chi connectivity index (χ3n) is 5.38. The molecule has 0 spiro atoms. The van der Waals surface area contributed by atoms with Gasteiger partial charge in [0.15, 0.2) is 6.61 Å². The summed E-state index contributed by atoms with van der Waals surface area (Å²) in [5.74, 6) is -1.49. The van der Waals surface area contributed by atoms with Gasteiger partial charge < -0.3 is 14.8 Å². The molecular formula is C26H22N2O6. The van der Waals surface area contributed by atoms with Gasteiger partial charge in [-0.2, -0.15) is 0 Å². The van der Waals surface area contributed by atoms with Crippen LogP contribution in [0.2, 0.25) is 0 Å². The molecule has 3 aromatic rings. The van der Waals surface area contributed by atoms with Gasteiger partial charge in [0.25, 0.3) is 17.7 Å². The zero-order chi connectivity index (χ0) is 24.1. The number of imide groups is 1. The molecule has 1 N–H and O–H groups in total. The molecule has 0 saturated heterocycles. The van der Waals surface area contributed by atoms with Crippen molar-refractivity contribution in [1.82, 2.24) is 4.90 Å². The summed E-state index contributed by atoms with van der Waals surface area (Å²) in [6.07, 6.45) is 0.532. The minimum atomic E-state index is -0.768. The first-order chi connectivity index (χ1) is 16.5. The summed E-state index contributed by atoms with van der Waals surface area (Å²) >= 11 is 0. The third-order valence-corrected chi connectivity index (χ3v) is 5.38. The number of methoxy groups -OCH3 is 1. The Hall–Kier alpha value is -4.46. The molecule has 1 aliphatic rings. The highest BCUT2D eigenvalue weighted by atomic mass is 16.5. The van der Waals surface area contributed by atoms with Crippen molar-refractivity contribution in [3.63, 3.8) is 0 Å². The first-order valence-corrected chi connectivity index (χ1v) is 10.6. The molecule has 0 radical (unpaired) electrons. The van der Waals surface area contributed by atoms with Crippen LogP contribution < -0.4 is 10.1 Å². The van der Waals surface area contributed by atoms with Crippen LogP contribution in [0.25, 0.3) is 0 Å². The summed E-state index contributed by atoms with van der Waals surface area (Å²) in [5, 5.41) is 2.61. The fourth-order valence-electron chi connectivity index (χ4n) is 3.59. The number of hydrogen-bond donors (Lipinski definition) is 1. The Morgan fingerprint density at radius 3 is 2.29 bits per heavy atom. The maximum Gasteiger partial charge on any atom is 0.338 e. The van der Waals surface area contributed by atoms with Crippen molar-refractivity contribution >= 4 is 29.4 Å². The van der Waals surface area contributed by atoms with E-state index >= 15 is 0 Å². The Kier molecular flexibility index (Phi) is 6.68. The van der Waals surface area contributed by atoms with Gasteiger partial charge in [-0.1, -0.05) is 30.3 Å². The van der Waals surface area contributed by atoms with Gasteiger partial charge >= 0.3 is 5.97 Å². The quantitative estimate of drug-likeness (QED) is 0.410. The van der Waals surface area contributed by atoms with E-state index in [1.54, 1.807) is 24.3 Å². The number of fused-ring (bicyclic) bond motifs is 1. The number of rotatable bonds is 8. The smallest absolute Gasteiger partial charge is 0.338 e. The van der Waals surface area contributed by atoms with Crippen LogP contribution in [0, 0.1) is 0 Å². The van der Waals surface area contributed by atoms with E-state index in [-0.39, 0.29) is 23.2 Å². The molecule has 1 heterocycles. The topological polar surface area (TPSA) is 102 Å². The molecular weight excluding hydrogens is 436 g/mol. The molecule has 0 aromatic heterocycles. The summed E-state index contributed by atoms with van der Waals surface area (Å²) in [6, 6.07) is 20.4. The van der Waals surface area contributed by atoms with Crippen molar-refractivity contribution < 1.29 is 28.7 Å². The van der Waals surface area contributed by atoms with Gasteiger partial charge in [0.2, 0.25) is 0 Å². The molecule has 0 aliphatic carbocycles. The van der Waals surface area contributed by atoms with Gasteiger partial charge in [0.1, 0.15) is 5.75 Å². The Bertz CT molecular complexity index is 1240. The highest BCUT2D eigenvalue weighted by molar-refractivity contribution is 6.22. The summed E-state index contributed by atoms with van der Waals surface area (Å²) in [6.45, 7) is -0.264. The molecule has 0 atom stereocenters. The molecule has 3 aromatic carbocycles. The first kappa shape index (κ1) is 22.7. The van der Waals surface area contributed by atoms with Gasteiger partial charge in [-0.15, -0.1) is 0 Å². The van der Waals surface area contributed by atoms with Gasteiger partial charge in [0, 0.05) is 12.2 Å². The molecule has 34 heavy (non-hydrogen) atoms. The number of ether oxygens (including phenoxy) is 2. The Labute approximate surface area is 196 Å². The van der Waals surface area contributed by atoms with Gasteiger partial charge in [-0.05, 0) is 54.4 Å². The van der Waals surface area contributed by atoms with Crippen molar-refractivity contribution in [2.24, 2.45) is 0 Å². The number of amides is 3. The monoisotopic (exact) mass is 458 g/mol. The van der Waals surface area contributed by atoms with Crippen LogP contribution in [0.3, 0.4) is 0 Å². The third kappa shape index (κ3) is 4.96. The van der Waals surface area contributed by atoms with Crippen LogP contribution in [-0.4, -0.2) is 48.9 Å². The predicted octanol–water partition coefficient (Wildman–Crippen LogP) is 3.33. The van der Waals surface area contributed by atoms with Crippen LogP contribution >= 0.6 is 0 Å². The average molecular weight is 458 g/mol. The van der Waals surface area contributed by atoms with E-state index in [1.165, 1.54) is 30.2 Å². The van der Waals surface area contributed by atoms with Gasteiger partial charge in [-0.25, -0.2) is 4.79 Å². The van der Waals surface area contributed by atoms with E-state index in [0.717, 1.165) is 5.56 Å². The second-order valence-corrected chi connectivity index (χ2v) is 7.61. The Balaban J connectivity index is 1.35. The van der Waals surface area contributed by atoms with Gasteiger partial charge in [0.05, 0.1) is 23.8 Å². The number of anilines is 1. The lowest BCUT2D eigenvalue weighted by atomic mass is 10.1. The SMILES string of the molecule is COc1ccc(NC(=O)COC(=O)c2ccc3c(c2)C(=O)N(CCc2ccccc2)C3=O)cc1. The fourth-order valence-corrected chi connectivity index (χ4v) is 3.59. The number of nitrogens with zero attached hydrogens (tertiary/aromatic N) is 1. The highest BCUT2D eigenvalue weighted by Crippen LogP contribution is 2.25. The number of esters is 1. The van der Waals surface area contributed by atoms with E-state index in [0.29, 0.717) is 17.9 Å². The molecule has 172 valence electrons. The molecule has 1 aliphatic heterocycles. The van der Waals surface area contributed by atoms with E-state index in [9.17, 15) is 19.2 Å². The maximum atomic E-state index is 12.8. The Morgan fingerprint density at radius 2 is 1.59 bits per heavy atom. The second kappa shape index (κ2) is 9.99. The van der Waals surface area contributed by atoms with Crippen LogP contribution in [0.5, 0.6) is 5.75 Å². The number of hydrogen-bond acceptors (Lipinski definition) is 6. The molecule has 8 nitrogen and oxygen atoms in total. The number of carbonyl (C=O) groups excluding carboxylic acids is 4. The molecule has 3 amide bonds. The van der Waals surface area contributed by atoms with E-state index in [2.05, 4.69) is 5.32 Å². The highest BCUT2D eigenvalue weighted by Gasteiger charge is 2.35. The second-order valence-electron chi connectivity index (χ2n) is 7.61. The lowest BCUT2D eigenvalue weighted by molar-refractivity contribution is -0.119. The normalized spacial score (nSPS) is 12.3. The number of carbonyl (C=O) groups is 4. The van der Waals surface area contributed by atoms with E-state index in [4.69, 9.17) is 9.47 Å². The summed E-state index contributed by atoms with van der Waals surface area (Å²) in [5.41, 5.74) is 2.01. The van der Waals surface area contributed by atoms with Crippen molar-refractivity contribution in [3.05, 3.63) is 95.1 Å². The van der Waals surface area contributed by atoms with E-state index in [1.807, 2.05) is 30.3 Å². The van der Waals surface area contributed by atoms with Crippen LogP contribution in [0.4, 0.5) is 5.69 Å². The van der Waals surface area contributed by atoms with E-state index < -0.39 is 30.3 Å². The molecule has 8 heteroatoms. The molecule has 0 bridgehead atoms. The van der Waals surface area contributed by atoms with Crippen LogP contribution in [0.1, 0.15) is 36.6 Å². The van der Waals surface area contributed by atoms with Gasteiger partial charge in [-0.3, -0.25) is 19.3 Å². The predicted molar refractivity (Wildman–Crippen MR) is 124 cm³/mol. The summed E-state index contributed by atoms with van der Waals surface area (Å²) in [7, 11) is 1.54. The largest absolute Gasteiger partial charge is 0.497 e. The molecule has 0 fully saturated rings. The average Bonchev–Trinajstić information content (AvgIpc) is 3.11. The first-order valence-electron chi connectivity index (χ1n) is 10.6. The fraction of sp³-hybridized carbons (Fsp3) is 0.154. The number of benzene rings is 3. The molecule has 4 rings (SSSR count). The zero-order valence-electron chi connectivity index (χ0n) is 18.4. The van der Waals surface area contributed by atoms with Crippen molar-refractivity contribution in [2.75, 3.05) is 25.6 Å². The molecule has 0 saturated carbocycles. The van der Waals surface area contributed by atoms with Crippen molar-refractivity contribution in [1.29, 1.82) is 0 Å². The molecule has 0 unspecified atom stereocenters. The lowest BCUT2D eigenvalue weighted by Crippen LogP contribution is -2.31. The lowest BCUT2D eigenvalue weighted by Gasteiger charge is -2.13. The Morgan fingerprint density at radius 1 is 0.882 bits per heavy atom. The minimum absolute atomic E-state index is 0.0852. The maximum absolute atomic E-state index is 12.8. The van der Waals surface area contributed by atoms with Crippen LogP contribution in [-0.2, 0) is 16.0 Å². The van der Waals surface area contributed by atoms with Crippen LogP contribution in [0.15, 0.2) is 72.8 Å². The minimum Gasteiger partial charge on any atom is -0.497 e. The number of nitrogens with one attached hydrogen (secondary N) is 1. The standard InChI is InChI=1S/C26H22N2O6/c1-33-20-10-8-19(9-11-20)27-23(29)16-34-26(32)18-7-12-21-22(15-18)25(31)28(24(21)30)14-13-17-5-3-2-4-6-17/h2-12,15H,13-14,16H2,1H3,(H,27,29). The summed E-state index contributed by atoms with van der Waals surface area (Å²) in [4.78, 5) is 51.2. The van der Waals surface area contributed by atoms with Crippen molar-refractivity contribution in [3.8, 4) is 5.75 Å². The summed E-state index contributed by atoms with van der Waals surface area (Å²) < 4.78 is 10.1.